The van der Waals surface area contributed by atoms with Crippen LogP contribution in [0.1, 0.15) is 35.4 Å². The van der Waals surface area contributed by atoms with E-state index < -0.39 is 28.9 Å². The molecule has 41 heavy (non-hydrogen) atoms. The van der Waals surface area contributed by atoms with Gasteiger partial charge in [0.15, 0.2) is 10.9 Å². The van der Waals surface area contributed by atoms with Crippen molar-refractivity contribution in [3.8, 4) is 0 Å². The minimum Gasteiger partial charge on any atom is -0.381 e. The molecule has 11 nitrogen and oxygen atoms in total. The molecule has 0 aliphatic heterocycles. The number of primary amides is 1. The second-order valence-electron chi connectivity index (χ2n) is 9.76. The maximum absolute atomic E-state index is 14.5. The number of benzene rings is 3. The van der Waals surface area contributed by atoms with Crippen molar-refractivity contribution < 1.29 is 14.6 Å². The van der Waals surface area contributed by atoms with Crippen LogP contribution in [0.5, 0.6) is 0 Å². The van der Waals surface area contributed by atoms with Gasteiger partial charge in [-0.15, -0.1) is 0 Å². The van der Waals surface area contributed by atoms with E-state index in [0.29, 0.717) is 6.42 Å². The van der Waals surface area contributed by atoms with E-state index in [1.54, 1.807) is 0 Å². The number of fused-ring (bicyclic) bond motifs is 1. The summed E-state index contributed by atoms with van der Waals surface area (Å²) in [4.78, 5) is 42.9. The summed E-state index contributed by atoms with van der Waals surface area (Å²) < 4.78 is 0. The number of H-pyrrole nitrogens is 1. The first-order valence-corrected chi connectivity index (χ1v) is 13.2. The number of nitrogens with one attached hydrogen (secondary N) is 1. The Balaban J connectivity index is 1.70. The summed E-state index contributed by atoms with van der Waals surface area (Å²) >= 11 is 0. The summed E-state index contributed by atoms with van der Waals surface area (Å²) in [7, 11) is 0. The summed E-state index contributed by atoms with van der Waals surface area (Å²) in [6, 6.07) is 24.5. The van der Waals surface area contributed by atoms with Gasteiger partial charge in [-0.25, -0.2) is 10.1 Å². The highest BCUT2D eigenvalue weighted by Crippen LogP contribution is 2.29. The molecule has 4 aromatic rings. The first kappa shape index (κ1) is 29.0. The Kier molecular flexibility index (Phi) is 9.43. The van der Waals surface area contributed by atoms with E-state index in [-0.39, 0.29) is 31.1 Å². The Hall–Kier alpha value is -5.03. The highest BCUT2D eigenvalue weighted by Gasteiger charge is 2.34. The molecule has 2 amide bonds. The van der Waals surface area contributed by atoms with Crippen LogP contribution >= 0.6 is 0 Å². The average molecular weight is 556 g/mol. The van der Waals surface area contributed by atoms with E-state index in [1.165, 1.54) is 4.90 Å². The largest absolute Gasteiger partial charge is 0.381 e. The number of aromatic nitrogens is 1. The fraction of sp³-hybridized carbons (Fsp3) is 0.233. The Morgan fingerprint density at radius 2 is 1.49 bits per heavy atom. The first-order chi connectivity index (χ1) is 19.8. The fourth-order valence-corrected chi connectivity index (χ4v) is 5.04. The molecular weight excluding hydrogens is 522 g/mol. The summed E-state index contributed by atoms with van der Waals surface area (Å²) in [6.07, 6.45) is 2.44. The summed E-state index contributed by atoms with van der Waals surface area (Å²) in [5, 5.41) is 13.9. The number of carbonyl (C=O) groups is 2. The fourth-order valence-electron chi connectivity index (χ4n) is 5.04. The smallest absolute Gasteiger partial charge is 0.240 e. The number of carbonyl (C=O) groups excluding carboxylic acids is 2. The van der Waals surface area contributed by atoms with Gasteiger partial charge < -0.3 is 27.1 Å². The molecule has 0 spiro atoms. The molecule has 1 heterocycles. The van der Waals surface area contributed by atoms with Crippen molar-refractivity contribution in [3.05, 3.63) is 118 Å². The molecule has 0 saturated heterocycles. The molecule has 0 bridgehead atoms. The number of aromatic amines is 1. The van der Waals surface area contributed by atoms with Gasteiger partial charge in [-0.1, -0.05) is 78.9 Å². The molecule has 1 aromatic heterocycles. The number of hydrogen-bond donors (Lipinski definition) is 4. The lowest BCUT2D eigenvalue weighted by Gasteiger charge is -2.34. The van der Waals surface area contributed by atoms with E-state index in [0.717, 1.165) is 27.6 Å². The van der Waals surface area contributed by atoms with Gasteiger partial charge in [-0.3, -0.25) is 9.59 Å². The van der Waals surface area contributed by atoms with E-state index in [4.69, 9.17) is 17.2 Å². The normalized spacial score (nSPS) is 13.2. The minimum absolute atomic E-state index is 0.0420. The number of nitrogens with zero attached hydrogens (tertiary/aromatic N) is 3. The lowest BCUT2D eigenvalue weighted by Crippen LogP contribution is -2.51. The third-order valence-electron chi connectivity index (χ3n) is 7.13. The van der Waals surface area contributed by atoms with Crippen LogP contribution in [-0.2, 0) is 16.0 Å². The number of nitrogens with two attached hydrogens (primary N) is 3. The van der Waals surface area contributed by atoms with Crippen LogP contribution in [0.15, 0.2) is 96.2 Å². The molecule has 212 valence electrons. The van der Waals surface area contributed by atoms with Gasteiger partial charge in [0, 0.05) is 23.6 Å². The SMILES string of the molecule is NC(=O)[C@H](CCC(N)C(N)=N[N+](=O)[O-])N(CCc1c[nH]c2ccccc12)C(=O)C(c1ccccc1)c1ccccc1. The summed E-state index contributed by atoms with van der Waals surface area (Å²) in [6.45, 7) is 0.193. The predicted octanol–water partition coefficient (Wildman–Crippen LogP) is 2.88. The Bertz CT molecular complexity index is 1480. The molecule has 4 rings (SSSR count). The van der Waals surface area contributed by atoms with Crippen LogP contribution in [0.4, 0.5) is 0 Å². The quantitative estimate of drug-likeness (QED) is 0.0849. The zero-order valence-corrected chi connectivity index (χ0v) is 22.4. The predicted molar refractivity (Wildman–Crippen MR) is 157 cm³/mol. The van der Waals surface area contributed by atoms with Crippen LogP contribution in [0.2, 0.25) is 0 Å². The van der Waals surface area contributed by atoms with Gasteiger partial charge in [0.2, 0.25) is 11.8 Å². The lowest BCUT2D eigenvalue weighted by molar-refractivity contribution is -0.485. The van der Waals surface area contributed by atoms with E-state index in [2.05, 4.69) is 10.1 Å². The topological polar surface area (TPSA) is 187 Å². The molecule has 2 atom stereocenters. The van der Waals surface area contributed by atoms with Crippen LogP contribution in [0.25, 0.3) is 10.9 Å². The van der Waals surface area contributed by atoms with Crippen LogP contribution in [0.3, 0.4) is 0 Å². The maximum atomic E-state index is 14.5. The average Bonchev–Trinajstić information content (AvgIpc) is 3.38. The summed E-state index contributed by atoms with van der Waals surface area (Å²) in [5.41, 5.74) is 21.1. The Labute approximate surface area is 237 Å². The molecule has 11 heteroatoms. The van der Waals surface area contributed by atoms with Crippen molar-refractivity contribution in [2.75, 3.05) is 6.54 Å². The Morgan fingerprint density at radius 1 is 0.902 bits per heavy atom. The minimum atomic E-state index is -1.04. The molecule has 0 fully saturated rings. The molecule has 0 saturated carbocycles. The molecule has 0 radical (unpaired) electrons. The third kappa shape index (κ3) is 7.14. The van der Waals surface area contributed by atoms with Crippen molar-refractivity contribution in [1.29, 1.82) is 0 Å². The number of amidine groups is 1. The van der Waals surface area contributed by atoms with Crippen LogP contribution in [0, 0.1) is 10.1 Å². The van der Waals surface area contributed by atoms with Crippen molar-refractivity contribution in [2.24, 2.45) is 22.3 Å². The monoisotopic (exact) mass is 555 g/mol. The standard InChI is InChI=1S/C30H33N7O4/c31-24(28(32)35-37(40)41)15-16-26(29(33)38)36(18-17-22-19-34-25-14-8-7-13-23(22)25)30(39)27(20-9-3-1-4-10-20)21-11-5-2-6-12-21/h1-14,19,24,26-27,34H,15-18,31H2,(H2,32,35)(H2,33,38)/t24?,26-/m0/s1. The molecule has 3 aromatic carbocycles. The number of hydrogen-bond acceptors (Lipinski definition) is 5. The molecule has 0 aliphatic rings. The molecule has 0 aliphatic carbocycles. The zero-order chi connectivity index (χ0) is 29.4. The van der Waals surface area contributed by atoms with Crippen molar-refractivity contribution in [2.45, 2.75) is 37.3 Å². The number of amides is 2. The molecule has 1 unspecified atom stereocenters. The van der Waals surface area contributed by atoms with E-state index in [1.807, 2.05) is 91.1 Å². The van der Waals surface area contributed by atoms with Gasteiger partial charge in [-0.05, 0) is 42.0 Å². The van der Waals surface area contributed by atoms with Gasteiger partial charge in [0.05, 0.1) is 17.1 Å². The van der Waals surface area contributed by atoms with Gasteiger partial charge >= 0.3 is 0 Å². The number of para-hydroxylation sites is 1. The maximum Gasteiger partial charge on any atom is 0.240 e. The van der Waals surface area contributed by atoms with Gasteiger partial charge in [-0.2, -0.15) is 0 Å². The third-order valence-corrected chi connectivity index (χ3v) is 7.13. The highest BCUT2D eigenvalue weighted by molar-refractivity contribution is 5.92. The Morgan fingerprint density at radius 3 is 2.07 bits per heavy atom. The van der Waals surface area contributed by atoms with E-state index >= 15 is 0 Å². The van der Waals surface area contributed by atoms with Gasteiger partial charge in [0.1, 0.15) is 6.04 Å². The molecule has 7 N–H and O–H groups in total. The van der Waals surface area contributed by atoms with Crippen molar-refractivity contribution >= 4 is 28.6 Å². The number of nitro groups is 1. The second kappa shape index (κ2) is 13.4. The zero-order valence-electron chi connectivity index (χ0n) is 22.4. The second-order valence-corrected chi connectivity index (χ2v) is 9.76. The van der Waals surface area contributed by atoms with E-state index in [9.17, 15) is 19.7 Å². The van der Waals surface area contributed by atoms with Gasteiger partial charge in [0.25, 0.3) is 0 Å². The summed E-state index contributed by atoms with van der Waals surface area (Å²) in [5.74, 6) is -2.08. The van der Waals surface area contributed by atoms with Crippen LogP contribution in [-0.4, -0.2) is 51.2 Å². The van der Waals surface area contributed by atoms with Crippen LogP contribution < -0.4 is 17.2 Å². The first-order valence-electron chi connectivity index (χ1n) is 13.2. The van der Waals surface area contributed by atoms with Crippen molar-refractivity contribution in [1.82, 2.24) is 9.88 Å². The van der Waals surface area contributed by atoms with Crippen molar-refractivity contribution in [3.63, 3.8) is 0 Å². The molecular formula is C30H33N7O4. The highest BCUT2D eigenvalue weighted by atomic mass is 16.7. The lowest BCUT2D eigenvalue weighted by atomic mass is 9.89. The number of hydrazone groups is 1. The number of rotatable bonds is 13.